The van der Waals surface area contributed by atoms with E-state index in [4.69, 9.17) is 11.6 Å². The van der Waals surface area contributed by atoms with Crippen LogP contribution in [0.25, 0.3) is 0 Å². The van der Waals surface area contributed by atoms with Crippen LogP contribution in [0.5, 0.6) is 0 Å². The second-order valence-electron chi connectivity index (χ2n) is 3.50. The van der Waals surface area contributed by atoms with E-state index in [0.717, 1.165) is 18.9 Å². The van der Waals surface area contributed by atoms with E-state index in [1.165, 1.54) is 12.1 Å². The molecule has 0 radical (unpaired) electrons. The molecule has 1 aromatic rings. The minimum absolute atomic E-state index is 0.0605. The van der Waals surface area contributed by atoms with E-state index in [9.17, 15) is 13.2 Å². The van der Waals surface area contributed by atoms with E-state index in [2.05, 4.69) is 0 Å². The van der Waals surface area contributed by atoms with E-state index < -0.39 is 11.7 Å². The van der Waals surface area contributed by atoms with Gasteiger partial charge in [-0.05, 0) is 42.5 Å². The Kier molecular flexibility index (Phi) is 2.22. The zero-order chi connectivity index (χ0) is 10.3. The number of rotatable bonds is 1. The van der Waals surface area contributed by atoms with Crippen molar-refractivity contribution < 1.29 is 13.2 Å². The third-order valence-corrected chi connectivity index (χ3v) is 2.57. The van der Waals surface area contributed by atoms with Crippen molar-refractivity contribution in [2.75, 3.05) is 0 Å². The van der Waals surface area contributed by atoms with Crippen molar-refractivity contribution in [3.05, 3.63) is 34.3 Å². The second-order valence-corrected chi connectivity index (χ2v) is 3.94. The molecule has 0 spiro atoms. The van der Waals surface area contributed by atoms with Crippen LogP contribution in [0.4, 0.5) is 13.2 Å². The monoisotopic (exact) mass is 220 g/mol. The van der Waals surface area contributed by atoms with Crippen LogP contribution in [-0.2, 0) is 6.18 Å². The fourth-order valence-electron chi connectivity index (χ4n) is 1.52. The van der Waals surface area contributed by atoms with E-state index >= 15 is 0 Å². The third kappa shape index (κ3) is 1.87. The largest absolute Gasteiger partial charge is 0.416 e. The molecule has 0 heterocycles. The zero-order valence-electron chi connectivity index (χ0n) is 7.24. The van der Waals surface area contributed by atoms with Crippen LogP contribution in [0.2, 0.25) is 5.02 Å². The van der Waals surface area contributed by atoms with Gasteiger partial charge in [-0.2, -0.15) is 13.2 Å². The van der Waals surface area contributed by atoms with Crippen molar-refractivity contribution in [1.82, 2.24) is 0 Å². The molecule has 1 fully saturated rings. The molecule has 0 nitrogen and oxygen atoms in total. The number of hydrogen-bond acceptors (Lipinski definition) is 0. The van der Waals surface area contributed by atoms with Gasteiger partial charge in [0.05, 0.1) is 5.56 Å². The molecule has 1 aliphatic rings. The van der Waals surface area contributed by atoms with Crippen LogP contribution in [0.15, 0.2) is 18.2 Å². The molecular weight excluding hydrogens is 213 g/mol. The summed E-state index contributed by atoms with van der Waals surface area (Å²) in [6.07, 6.45) is -2.59. The Balaban J connectivity index is 2.47. The second kappa shape index (κ2) is 3.16. The smallest absolute Gasteiger partial charge is 0.166 e. The Hall–Kier alpha value is -0.700. The normalized spacial score (nSPS) is 17.1. The molecule has 0 N–H and O–H groups in total. The van der Waals surface area contributed by atoms with E-state index in [1.54, 1.807) is 0 Å². The molecule has 0 atom stereocenters. The predicted molar refractivity (Wildman–Crippen MR) is 48.4 cm³/mol. The van der Waals surface area contributed by atoms with E-state index in [-0.39, 0.29) is 5.92 Å². The van der Waals surface area contributed by atoms with Gasteiger partial charge in [0, 0.05) is 5.02 Å². The third-order valence-electron chi connectivity index (χ3n) is 2.34. The van der Waals surface area contributed by atoms with Crippen molar-refractivity contribution in [1.29, 1.82) is 0 Å². The first-order valence-electron chi connectivity index (χ1n) is 4.35. The molecule has 0 bridgehead atoms. The van der Waals surface area contributed by atoms with Crippen LogP contribution < -0.4 is 0 Å². The first-order valence-corrected chi connectivity index (χ1v) is 4.73. The van der Waals surface area contributed by atoms with Crippen LogP contribution >= 0.6 is 11.6 Å². The van der Waals surface area contributed by atoms with Crippen LogP contribution in [0, 0.1) is 0 Å². The highest BCUT2D eigenvalue weighted by Gasteiger charge is 2.37. The highest BCUT2D eigenvalue weighted by Crippen LogP contribution is 2.46. The first kappa shape index (κ1) is 9.84. The van der Waals surface area contributed by atoms with Gasteiger partial charge in [0.1, 0.15) is 0 Å². The van der Waals surface area contributed by atoms with Crippen molar-refractivity contribution >= 4 is 11.6 Å². The van der Waals surface area contributed by atoms with Crippen LogP contribution in [0.1, 0.15) is 29.9 Å². The van der Waals surface area contributed by atoms with Gasteiger partial charge in [-0.1, -0.05) is 11.6 Å². The summed E-state index contributed by atoms with van der Waals surface area (Å²) in [6.45, 7) is 0. The first-order chi connectivity index (χ1) is 6.48. The minimum atomic E-state index is -4.26. The highest BCUT2D eigenvalue weighted by molar-refractivity contribution is 6.30. The van der Waals surface area contributed by atoms with Gasteiger partial charge in [-0.25, -0.2) is 0 Å². The summed E-state index contributed by atoms with van der Waals surface area (Å²) >= 11 is 5.67. The maximum Gasteiger partial charge on any atom is 0.416 e. The van der Waals surface area contributed by atoms with Crippen molar-refractivity contribution in [3.8, 4) is 0 Å². The summed E-state index contributed by atoms with van der Waals surface area (Å²) in [5, 5.41) is 0.375. The van der Waals surface area contributed by atoms with Crippen molar-refractivity contribution in [3.63, 3.8) is 0 Å². The zero-order valence-corrected chi connectivity index (χ0v) is 7.99. The van der Waals surface area contributed by atoms with Crippen LogP contribution in [-0.4, -0.2) is 0 Å². The Bertz CT molecular complexity index is 353. The lowest BCUT2D eigenvalue weighted by molar-refractivity contribution is -0.138. The Morgan fingerprint density at radius 3 is 2.36 bits per heavy atom. The maximum absolute atomic E-state index is 12.5. The molecule has 0 aliphatic heterocycles. The number of halogens is 4. The predicted octanol–water partition coefficient (Wildman–Crippen LogP) is 4.24. The average molecular weight is 221 g/mol. The lowest BCUT2D eigenvalue weighted by Gasteiger charge is -2.12. The molecule has 4 heteroatoms. The van der Waals surface area contributed by atoms with Crippen molar-refractivity contribution in [2.24, 2.45) is 0 Å². The Labute approximate surface area is 84.7 Å². The molecule has 0 aromatic heterocycles. The van der Waals surface area contributed by atoms with Crippen molar-refractivity contribution in [2.45, 2.75) is 24.9 Å². The Morgan fingerprint density at radius 2 is 1.86 bits per heavy atom. The molecule has 1 aromatic carbocycles. The standard InChI is InChI=1S/C10H8ClF3/c11-7-3-4-9(10(12,13)14)8(5-7)6-1-2-6/h3-6H,1-2H2. The Morgan fingerprint density at radius 1 is 1.21 bits per heavy atom. The molecule has 0 amide bonds. The molecule has 1 aliphatic carbocycles. The van der Waals surface area contributed by atoms with E-state index in [0.29, 0.717) is 10.6 Å². The van der Waals surface area contributed by atoms with E-state index in [1.807, 2.05) is 0 Å². The highest BCUT2D eigenvalue weighted by atomic mass is 35.5. The molecular formula is C10H8ClF3. The van der Waals surface area contributed by atoms with Gasteiger partial charge in [-0.3, -0.25) is 0 Å². The summed E-state index contributed by atoms with van der Waals surface area (Å²) in [5.41, 5.74) is -0.186. The van der Waals surface area contributed by atoms with Gasteiger partial charge in [0.25, 0.3) is 0 Å². The summed E-state index contributed by atoms with van der Waals surface area (Å²) in [7, 11) is 0. The number of hydrogen-bond donors (Lipinski definition) is 0. The average Bonchev–Trinajstić information content (AvgIpc) is 2.83. The van der Waals surface area contributed by atoms with Gasteiger partial charge in [-0.15, -0.1) is 0 Å². The molecule has 1 saturated carbocycles. The lowest BCUT2D eigenvalue weighted by atomic mass is 10.0. The quantitative estimate of drug-likeness (QED) is 0.664. The number of benzene rings is 1. The van der Waals surface area contributed by atoms with Gasteiger partial charge in [0.2, 0.25) is 0 Å². The summed E-state index contributed by atoms with van der Waals surface area (Å²) in [4.78, 5) is 0. The lowest BCUT2D eigenvalue weighted by Crippen LogP contribution is -2.08. The SMILES string of the molecule is FC(F)(F)c1ccc(Cl)cc1C1CC1. The topological polar surface area (TPSA) is 0 Å². The molecule has 2 rings (SSSR count). The van der Waals surface area contributed by atoms with Gasteiger partial charge >= 0.3 is 6.18 Å². The molecule has 76 valence electrons. The minimum Gasteiger partial charge on any atom is -0.166 e. The van der Waals surface area contributed by atoms with Crippen LogP contribution in [0.3, 0.4) is 0 Å². The summed E-state index contributed by atoms with van der Waals surface area (Å²) in [5.74, 6) is 0.0605. The fraction of sp³-hybridized carbons (Fsp3) is 0.400. The number of alkyl halides is 3. The molecule has 0 saturated heterocycles. The van der Waals surface area contributed by atoms with Gasteiger partial charge < -0.3 is 0 Å². The molecule has 14 heavy (non-hydrogen) atoms. The fourth-order valence-corrected chi connectivity index (χ4v) is 1.70. The molecule has 0 unspecified atom stereocenters. The van der Waals surface area contributed by atoms with Gasteiger partial charge in [0.15, 0.2) is 0 Å². The summed E-state index contributed by atoms with van der Waals surface area (Å²) < 4.78 is 37.6. The summed E-state index contributed by atoms with van der Waals surface area (Å²) in [6, 6.07) is 3.79. The maximum atomic E-state index is 12.5.